The lowest BCUT2D eigenvalue weighted by molar-refractivity contribution is 0.228. The van der Waals surface area contributed by atoms with E-state index in [9.17, 15) is 8.42 Å². The first-order chi connectivity index (χ1) is 10.0. The van der Waals surface area contributed by atoms with Gasteiger partial charge in [-0.25, -0.2) is 13.6 Å². The number of nitrogens with zero attached hydrogens (tertiary/aromatic N) is 1. The lowest BCUT2D eigenvalue weighted by Crippen LogP contribution is -2.29. The van der Waals surface area contributed by atoms with E-state index in [1.807, 2.05) is 0 Å². The number of likely N-dealkylation sites (tertiary alicyclic amines) is 1. The fourth-order valence-corrected chi connectivity index (χ4v) is 3.67. The van der Waals surface area contributed by atoms with Crippen molar-refractivity contribution in [1.82, 2.24) is 10.2 Å². The number of ether oxygens (including phenoxy) is 1. The van der Waals surface area contributed by atoms with Crippen LogP contribution in [0.1, 0.15) is 0 Å². The Morgan fingerprint density at radius 2 is 1.77 bits per heavy atom. The summed E-state index contributed by atoms with van der Waals surface area (Å²) in [4.78, 5) is 2.55. The molecule has 0 amide bonds. The number of fused-ring (bicyclic) bond motifs is 1. The average molecular weight is 348 g/mol. The van der Waals surface area contributed by atoms with Gasteiger partial charge in [-0.1, -0.05) is 0 Å². The summed E-state index contributed by atoms with van der Waals surface area (Å²) < 4.78 is 28.0. The Morgan fingerprint density at radius 1 is 1.18 bits per heavy atom. The highest BCUT2D eigenvalue weighted by molar-refractivity contribution is 7.89. The first kappa shape index (κ1) is 17.5. The van der Waals surface area contributed by atoms with Crippen LogP contribution in [-0.4, -0.2) is 52.6 Å². The van der Waals surface area contributed by atoms with E-state index in [0.29, 0.717) is 12.4 Å². The Kier molecular flexibility index (Phi) is 5.68. The molecule has 0 aliphatic carbocycles. The molecule has 0 aromatic heterocycles. The summed E-state index contributed by atoms with van der Waals surface area (Å²) in [5.74, 6) is 2.25. The van der Waals surface area contributed by atoms with Crippen LogP contribution < -0.4 is 15.2 Å². The van der Waals surface area contributed by atoms with Gasteiger partial charge in [0.2, 0.25) is 10.0 Å². The predicted octanol–water partition coefficient (Wildman–Crippen LogP) is 0.286. The monoisotopic (exact) mass is 347 g/mol. The first-order valence-electron chi connectivity index (χ1n) is 7.21. The van der Waals surface area contributed by atoms with E-state index in [0.717, 1.165) is 44.6 Å². The number of nitrogens with one attached hydrogen (secondary N) is 1. The third kappa shape index (κ3) is 4.11. The van der Waals surface area contributed by atoms with Gasteiger partial charge in [-0.3, -0.25) is 4.90 Å². The van der Waals surface area contributed by atoms with Crippen molar-refractivity contribution in [2.75, 3.05) is 39.3 Å². The lowest BCUT2D eigenvalue weighted by Gasteiger charge is -2.17. The summed E-state index contributed by atoms with van der Waals surface area (Å²) in [6, 6.07) is 6.22. The molecule has 6 nitrogen and oxygen atoms in total. The Morgan fingerprint density at radius 3 is 2.32 bits per heavy atom. The van der Waals surface area contributed by atoms with E-state index >= 15 is 0 Å². The van der Waals surface area contributed by atoms with Crippen molar-refractivity contribution in [1.29, 1.82) is 0 Å². The number of rotatable bonds is 5. The summed E-state index contributed by atoms with van der Waals surface area (Å²) in [5, 5.41) is 8.48. The largest absolute Gasteiger partial charge is 0.492 e. The van der Waals surface area contributed by atoms with E-state index in [4.69, 9.17) is 9.88 Å². The van der Waals surface area contributed by atoms with E-state index in [1.54, 1.807) is 12.1 Å². The van der Waals surface area contributed by atoms with Crippen molar-refractivity contribution in [3.63, 3.8) is 0 Å². The molecule has 124 valence electrons. The van der Waals surface area contributed by atoms with Gasteiger partial charge < -0.3 is 10.1 Å². The van der Waals surface area contributed by atoms with Crippen LogP contribution in [0.4, 0.5) is 0 Å². The highest BCUT2D eigenvalue weighted by Gasteiger charge is 2.35. The molecule has 2 atom stereocenters. The third-order valence-electron chi connectivity index (χ3n) is 4.29. The molecule has 2 saturated heterocycles. The maximum Gasteiger partial charge on any atom is 0.238 e. The van der Waals surface area contributed by atoms with Crippen LogP contribution in [0.25, 0.3) is 0 Å². The van der Waals surface area contributed by atoms with Crippen LogP contribution in [0.15, 0.2) is 29.2 Å². The van der Waals surface area contributed by atoms with Crippen LogP contribution in [0.5, 0.6) is 5.75 Å². The third-order valence-corrected chi connectivity index (χ3v) is 5.22. The molecule has 2 aliphatic rings. The fourth-order valence-electron chi connectivity index (χ4n) is 3.15. The molecule has 0 unspecified atom stereocenters. The Hall–Kier alpha value is -0.860. The van der Waals surface area contributed by atoms with E-state index in [1.165, 1.54) is 12.1 Å². The molecular formula is C14H22ClN3O3S. The van der Waals surface area contributed by atoms with E-state index in [2.05, 4.69) is 10.2 Å². The first-order valence-corrected chi connectivity index (χ1v) is 8.76. The second-order valence-corrected chi connectivity index (χ2v) is 7.36. The van der Waals surface area contributed by atoms with Crippen LogP contribution >= 0.6 is 12.4 Å². The van der Waals surface area contributed by atoms with Gasteiger partial charge in [0.15, 0.2) is 0 Å². The molecule has 0 radical (unpaired) electrons. The second kappa shape index (κ2) is 7.14. The number of halogens is 1. The van der Waals surface area contributed by atoms with Crippen LogP contribution in [0.3, 0.4) is 0 Å². The minimum absolute atomic E-state index is 0. The van der Waals surface area contributed by atoms with Crippen molar-refractivity contribution in [3.8, 4) is 5.75 Å². The molecule has 1 aromatic rings. The smallest absolute Gasteiger partial charge is 0.238 e. The van der Waals surface area contributed by atoms with Gasteiger partial charge in [-0.2, -0.15) is 0 Å². The van der Waals surface area contributed by atoms with Crippen molar-refractivity contribution in [2.24, 2.45) is 17.0 Å². The summed E-state index contributed by atoms with van der Waals surface area (Å²) in [5.41, 5.74) is 0. The zero-order chi connectivity index (χ0) is 14.9. The molecular weight excluding hydrogens is 326 g/mol. The number of hydrogen-bond acceptors (Lipinski definition) is 5. The van der Waals surface area contributed by atoms with Crippen LogP contribution in [0.2, 0.25) is 0 Å². The zero-order valence-corrected chi connectivity index (χ0v) is 13.9. The number of hydrogen-bond donors (Lipinski definition) is 2. The van der Waals surface area contributed by atoms with Gasteiger partial charge in [-0.15, -0.1) is 12.4 Å². The average Bonchev–Trinajstić information content (AvgIpc) is 2.99. The molecule has 2 heterocycles. The summed E-state index contributed by atoms with van der Waals surface area (Å²) in [6.07, 6.45) is 0. The second-order valence-electron chi connectivity index (χ2n) is 5.80. The normalized spacial score (nSPS) is 24.8. The van der Waals surface area contributed by atoms with Crippen molar-refractivity contribution < 1.29 is 13.2 Å². The standard InChI is InChI=1S/C14H21N3O3S.ClH/c15-21(18,19)14-3-1-13(2-4-14)20-6-5-17-9-11-7-16-8-12(11)10-17;/h1-4,11-12,16H,5-10H2,(H2,15,18,19);1H/t11-,12+;. The quantitative estimate of drug-likeness (QED) is 0.799. The van der Waals surface area contributed by atoms with Crippen LogP contribution in [0, 0.1) is 11.8 Å². The van der Waals surface area contributed by atoms with Gasteiger partial charge in [0.05, 0.1) is 4.90 Å². The molecule has 0 bridgehead atoms. The van der Waals surface area contributed by atoms with E-state index in [-0.39, 0.29) is 17.3 Å². The molecule has 2 aliphatic heterocycles. The topological polar surface area (TPSA) is 84.7 Å². The Labute approximate surface area is 137 Å². The number of primary sulfonamides is 1. The summed E-state index contributed by atoms with van der Waals surface area (Å²) in [6.45, 7) is 6.08. The molecule has 3 rings (SSSR count). The van der Waals surface area contributed by atoms with Crippen LogP contribution in [-0.2, 0) is 10.0 Å². The molecule has 0 saturated carbocycles. The minimum Gasteiger partial charge on any atom is -0.492 e. The molecule has 3 N–H and O–H groups in total. The molecule has 1 aromatic carbocycles. The van der Waals surface area contributed by atoms with Crippen molar-refractivity contribution in [2.45, 2.75) is 4.90 Å². The number of benzene rings is 1. The van der Waals surface area contributed by atoms with E-state index < -0.39 is 10.0 Å². The van der Waals surface area contributed by atoms with Crippen molar-refractivity contribution in [3.05, 3.63) is 24.3 Å². The fraction of sp³-hybridized carbons (Fsp3) is 0.571. The maximum absolute atomic E-state index is 11.2. The van der Waals surface area contributed by atoms with Gasteiger partial charge in [0.25, 0.3) is 0 Å². The summed E-state index contributed by atoms with van der Waals surface area (Å²) in [7, 11) is -3.63. The number of sulfonamides is 1. The highest BCUT2D eigenvalue weighted by atomic mass is 35.5. The highest BCUT2D eigenvalue weighted by Crippen LogP contribution is 2.25. The maximum atomic E-state index is 11.2. The molecule has 8 heteroatoms. The molecule has 22 heavy (non-hydrogen) atoms. The number of nitrogens with two attached hydrogens (primary N) is 1. The predicted molar refractivity (Wildman–Crippen MR) is 86.8 cm³/mol. The zero-order valence-electron chi connectivity index (χ0n) is 12.3. The minimum atomic E-state index is -3.63. The van der Waals surface area contributed by atoms with Gasteiger partial charge in [0, 0.05) is 19.6 Å². The van der Waals surface area contributed by atoms with Gasteiger partial charge in [0.1, 0.15) is 12.4 Å². The van der Waals surface area contributed by atoms with Gasteiger partial charge >= 0.3 is 0 Å². The summed E-state index contributed by atoms with van der Waals surface area (Å²) >= 11 is 0. The molecule has 0 spiro atoms. The van der Waals surface area contributed by atoms with Crippen molar-refractivity contribution >= 4 is 22.4 Å². The Bertz CT molecular complexity index is 582. The van der Waals surface area contributed by atoms with Gasteiger partial charge in [-0.05, 0) is 49.2 Å². The Balaban J connectivity index is 0.00000176. The SMILES string of the molecule is Cl.NS(=O)(=O)c1ccc(OCCN2C[C@H]3CNC[C@H]3C2)cc1. The lowest BCUT2D eigenvalue weighted by atomic mass is 10.0. The molecule has 2 fully saturated rings.